The first-order chi connectivity index (χ1) is 9.78. The third-order valence-corrected chi connectivity index (χ3v) is 4.19. The molecule has 1 aromatic carbocycles. The molecule has 0 spiro atoms. The van der Waals surface area contributed by atoms with Crippen LogP contribution in [-0.2, 0) is 11.2 Å². The molecule has 2 heterocycles. The predicted molar refractivity (Wildman–Crippen MR) is 78.4 cm³/mol. The SMILES string of the molecule is O=C(Cc1c[nH]c2ccccc12)N1CCC(CCO)C1. The van der Waals surface area contributed by atoms with Crippen molar-refractivity contribution in [3.05, 3.63) is 36.0 Å². The van der Waals surface area contributed by atoms with E-state index in [2.05, 4.69) is 4.98 Å². The number of aromatic nitrogens is 1. The summed E-state index contributed by atoms with van der Waals surface area (Å²) in [5.74, 6) is 0.655. The first kappa shape index (κ1) is 13.2. The zero-order valence-electron chi connectivity index (χ0n) is 11.5. The molecule has 4 nitrogen and oxygen atoms in total. The topological polar surface area (TPSA) is 56.3 Å². The largest absolute Gasteiger partial charge is 0.396 e. The number of aliphatic hydroxyl groups excluding tert-OH is 1. The van der Waals surface area contributed by atoms with Gasteiger partial charge in [-0.15, -0.1) is 0 Å². The Bertz CT molecular complexity index is 605. The van der Waals surface area contributed by atoms with Crippen LogP contribution in [-0.4, -0.2) is 40.6 Å². The number of hydrogen-bond donors (Lipinski definition) is 2. The van der Waals surface area contributed by atoms with E-state index in [4.69, 9.17) is 5.11 Å². The van der Waals surface area contributed by atoms with Crippen LogP contribution < -0.4 is 0 Å². The smallest absolute Gasteiger partial charge is 0.227 e. The average molecular weight is 272 g/mol. The molecule has 1 amide bonds. The molecule has 0 saturated carbocycles. The van der Waals surface area contributed by atoms with Crippen LogP contribution in [0.3, 0.4) is 0 Å². The Morgan fingerprint density at radius 2 is 2.25 bits per heavy atom. The number of likely N-dealkylation sites (tertiary alicyclic amines) is 1. The van der Waals surface area contributed by atoms with Crippen molar-refractivity contribution < 1.29 is 9.90 Å². The highest BCUT2D eigenvalue weighted by atomic mass is 16.3. The summed E-state index contributed by atoms with van der Waals surface area (Å²) in [5, 5.41) is 10.1. The van der Waals surface area contributed by atoms with Gasteiger partial charge < -0.3 is 15.0 Å². The molecule has 2 aromatic rings. The Labute approximate surface area is 118 Å². The van der Waals surface area contributed by atoms with Crippen molar-refractivity contribution in [2.45, 2.75) is 19.3 Å². The van der Waals surface area contributed by atoms with E-state index < -0.39 is 0 Å². The van der Waals surface area contributed by atoms with Gasteiger partial charge in [-0.1, -0.05) is 18.2 Å². The van der Waals surface area contributed by atoms with E-state index in [1.165, 1.54) is 0 Å². The van der Waals surface area contributed by atoms with E-state index in [0.717, 1.165) is 42.4 Å². The molecular weight excluding hydrogens is 252 g/mol. The van der Waals surface area contributed by atoms with Crippen molar-refractivity contribution in [1.82, 2.24) is 9.88 Å². The third-order valence-electron chi connectivity index (χ3n) is 4.19. The molecule has 0 aliphatic carbocycles. The molecule has 1 aliphatic heterocycles. The number of fused-ring (bicyclic) bond motifs is 1. The minimum atomic E-state index is 0.190. The quantitative estimate of drug-likeness (QED) is 0.893. The standard InChI is InChI=1S/C16H20N2O2/c19-8-6-12-5-7-18(11-12)16(20)9-13-10-17-15-4-2-1-3-14(13)15/h1-4,10,12,17,19H,5-9,11H2. The molecule has 106 valence electrons. The fourth-order valence-corrected chi connectivity index (χ4v) is 3.03. The number of benzene rings is 1. The van der Waals surface area contributed by atoms with Crippen LogP contribution >= 0.6 is 0 Å². The van der Waals surface area contributed by atoms with Crippen molar-refractivity contribution >= 4 is 16.8 Å². The fourth-order valence-electron chi connectivity index (χ4n) is 3.03. The molecule has 4 heteroatoms. The highest BCUT2D eigenvalue weighted by molar-refractivity contribution is 5.88. The number of nitrogens with zero attached hydrogens (tertiary/aromatic N) is 1. The van der Waals surface area contributed by atoms with Crippen molar-refractivity contribution in [1.29, 1.82) is 0 Å². The maximum absolute atomic E-state index is 12.4. The zero-order chi connectivity index (χ0) is 13.9. The first-order valence-corrected chi connectivity index (χ1v) is 7.21. The lowest BCUT2D eigenvalue weighted by molar-refractivity contribution is -0.129. The van der Waals surface area contributed by atoms with E-state index in [1.807, 2.05) is 35.4 Å². The van der Waals surface area contributed by atoms with Gasteiger partial charge >= 0.3 is 0 Å². The van der Waals surface area contributed by atoms with Crippen LogP contribution in [0.2, 0.25) is 0 Å². The van der Waals surface area contributed by atoms with Crippen LogP contribution in [0.1, 0.15) is 18.4 Å². The first-order valence-electron chi connectivity index (χ1n) is 7.21. The zero-order valence-corrected chi connectivity index (χ0v) is 11.5. The van der Waals surface area contributed by atoms with Gasteiger partial charge in [-0.25, -0.2) is 0 Å². The molecule has 20 heavy (non-hydrogen) atoms. The van der Waals surface area contributed by atoms with E-state index in [9.17, 15) is 4.79 Å². The van der Waals surface area contributed by atoms with Gasteiger partial charge in [-0.2, -0.15) is 0 Å². The molecule has 1 saturated heterocycles. The fraction of sp³-hybridized carbons (Fsp3) is 0.438. The Hall–Kier alpha value is -1.81. The molecule has 3 rings (SSSR count). The van der Waals surface area contributed by atoms with Crippen LogP contribution in [0.4, 0.5) is 0 Å². The van der Waals surface area contributed by atoms with Gasteiger partial charge in [0.1, 0.15) is 0 Å². The molecule has 1 fully saturated rings. The Morgan fingerprint density at radius 1 is 1.40 bits per heavy atom. The van der Waals surface area contributed by atoms with Crippen molar-refractivity contribution in [3.63, 3.8) is 0 Å². The second-order valence-electron chi connectivity index (χ2n) is 5.54. The number of aromatic amines is 1. The third kappa shape index (κ3) is 2.56. The van der Waals surface area contributed by atoms with Gasteiger partial charge in [-0.05, 0) is 30.4 Å². The lowest BCUT2D eigenvalue weighted by atomic mass is 10.1. The summed E-state index contributed by atoms with van der Waals surface area (Å²) in [6, 6.07) is 8.06. The number of aliphatic hydroxyl groups is 1. The Morgan fingerprint density at radius 3 is 3.10 bits per heavy atom. The monoisotopic (exact) mass is 272 g/mol. The predicted octanol–water partition coefficient (Wildman–Crippen LogP) is 1.94. The molecule has 0 bridgehead atoms. The highest BCUT2D eigenvalue weighted by Crippen LogP contribution is 2.22. The number of amides is 1. The van der Waals surface area contributed by atoms with Gasteiger partial charge in [0, 0.05) is 36.8 Å². The lowest BCUT2D eigenvalue weighted by Crippen LogP contribution is -2.30. The van der Waals surface area contributed by atoms with E-state index >= 15 is 0 Å². The number of hydrogen-bond acceptors (Lipinski definition) is 2. The summed E-state index contributed by atoms with van der Waals surface area (Å²) >= 11 is 0. The minimum absolute atomic E-state index is 0.190. The van der Waals surface area contributed by atoms with E-state index in [0.29, 0.717) is 12.3 Å². The molecule has 1 unspecified atom stereocenters. The second-order valence-corrected chi connectivity index (χ2v) is 5.54. The molecular formula is C16H20N2O2. The molecule has 1 aliphatic rings. The van der Waals surface area contributed by atoms with Crippen molar-refractivity contribution in [3.8, 4) is 0 Å². The summed E-state index contributed by atoms with van der Waals surface area (Å²) < 4.78 is 0. The summed E-state index contributed by atoms with van der Waals surface area (Å²) in [5.41, 5.74) is 2.14. The van der Waals surface area contributed by atoms with Gasteiger partial charge in [0.25, 0.3) is 0 Å². The van der Waals surface area contributed by atoms with Crippen LogP contribution in [0.15, 0.2) is 30.5 Å². The summed E-state index contributed by atoms with van der Waals surface area (Å²) in [7, 11) is 0. The molecule has 1 atom stereocenters. The number of nitrogens with one attached hydrogen (secondary N) is 1. The van der Waals surface area contributed by atoms with E-state index in [-0.39, 0.29) is 12.5 Å². The number of para-hydroxylation sites is 1. The van der Waals surface area contributed by atoms with Crippen LogP contribution in [0, 0.1) is 5.92 Å². The van der Waals surface area contributed by atoms with Gasteiger partial charge in [0.2, 0.25) is 5.91 Å². The lowest BCUT2D eigenvalue weighted by Gasteiger charge is -2.16. The van der Waals surface area contributed by atoms with Crippen molar-refractivity contribution in [2.24, 2.45) is 5.92 Å². The summed E-state index contributed by atoms with van der Waals surface area (Å²) in [6.07, 6.45) is 4.21. The van der Waals surface area contributed by atoms with E-state index in [1.54, 1.807) is 0 Å². The highest BCUT2D eigenvalue weighted by Gasteiger charge is 2.26. The Kier molecular flexibility index (Phi) is 3.74. The van der Waals surface area contributed by atoms with Crippen LogP contribution in [0.25, 0.3) is 10.9 Å². The normalized spacial score (nSPS) is 18.9. The summed E-state index contributed by atoms with van der Waals surface area (Å²) in [4.78, 5) is 17.5. The maximum Gasteiger partial charge on any atom is 0.227 e. The van der Waals surface area contributed by atoms with Crippen molar-refractivity contribution in [2.75, 3.05) is 19.7 Å². The number of carbonyl (C=O) groups excluding carboxylic acids is 1. The van der Waals surface area contributed by atoms with Gasteiger partial charge in [-0.3, -0.25) is 4.79 Å². The summed E-state index contributed by atoms with van der Waals surface area (Å²) in [6.45, 7) is 1.84. The second kappa shape index (κ2) is 5.67. The Balaban J connectivity index is 1.67. The molecule has 0 radical (unpaired) electrons. The number of H-pyrrole nitrogens is 1. The van der Waals surface area contributed by atoms with Gasteiger partial charge in [0.05, 0.1) is 6.42 Å². The number of rotatable bonds is 4. The minimum Gasteiger partial charge on any atom is -0.396 e. The molecule has 1 aromatic heterocycles. The number of carbonyl (C=O) groups is 1. The maximum atomic E-state index is 12.4. The molecule has 2 N–H and O–H groups in total. The van der Waals surface area contributed by atoms with Crippen LogP contribution in [0.5, 0.6) is 0 Å². The van der Waals surface area contributed by atoms with Gasteiger partial charge in [0.15, 0.2) is 0 Å². The average Bonchev–Trinajstić information content (AvgIpc) is 3.07.